The Balaban J connectivity index is 1.49. The van der Waals surface area contributed by atoms with E-state index < -0.39 is 33.9 Å². The molecular weight excluding hydrogens is 472 g/mol. The van der Waals surface area contributed by atoms with E-state index in [0.29, 0.717) is 5.75 Å². The maximum Gasteiger partial charge on any atom is 0.411 e. The molecular formula is C25H28N2O7S. The van der Waals surface area contributed by atoms with E-state index in [-0.39, 0.29) is 31.5 Å². The van der Waals surface area contributed by atoms with Crippen LogP contribution < -0.4 is 4.74 Å². The Bertz CT molecular complexity index is 1210. The van der Waals surface area contributed by atoms with Crippen molar-refractivity contribution in [3.8, 4) is 5.75 Å². The van der Waals surface area contributed by atoms with Crippen molar-refractivity contribution in [2.75, 3.05) is 19.9 Å². The van der Waals surface area contributed by atoms with Gasteiger partial charge in [0.05, 0.1) is 32.1 Å². The van der Waals surface area contributed by atoms with Crippen LogP contribution >= 0.6 is 0 Å². The third-order valence-corrected chi connectivity index (χ3v) is 7.47. The van der Waals surface area contributed by atoms with Gasteiger partial charge in [-0.15, -0.1) is 0 Å². The van der Waals surface area contributed by atoms with Crippen molar-refractivity contribution >= 4 is 22.1 Å². The molecule has 3 aliphatic rings. The van der Waals surface area contributed by atoms with E-state index in [2.05, 4.69) is 0 Å². The zero-order chi connectivity index (χ0) is 24.8. The molecule has 35 heavy (non-hydrogen) atoms. The highest BCUT2D eigenvalue weighted by Gasteiger charge is 2.71. The Morgan fingerprint density at radius 3 is 2.37 bits per heavy atom. The summed E-state index contributed by atoms with van der Waals surface area (Å²) in [4.78, 5) is 30.3. The minimum atomic E-state index is -3.79. The number of hydrogen-bond acceptors (Lipinski definition) is 7. The highest BCUT2D eigenvalue weighted by molar-refractivity contribution is 7.86. The number of methoxy groups -OCH3 is 1. The first-order valence-corrected chi connectivity index (χ1v) is 13.4. The molecule has 0 radical (unpaired) electrons. The predicted octanol–water partition coefficient (Wildman–Crippen LogP) is 2.87. The van der Waals surface area contributed by atoms with Crippen molar-refractivity contribution in [2.24, 2.45) is 0 Å². The van der Waals surface area contributed by atoms with E-state index in [9.17, 15) is 18.0 Å². The Morgan fingerprint density at radius 1 is 1.09 bits per heavy atom. The normalized spacial score (nSPS) is 26.1. The van der Waals surface area contributed by atoms with Crippen LogP contribution in [0.5, 0.6) is 5.75 Å². The van der Waals surface area contributed by atoms with Gasteiger partial charge in [-0.05, 0) is 36.1 Å². The molecule has 186 valence electrons. The lowest BCUT2D eigenvalue weighted by Gasteiger charge is -2.57. The van der Waals surface area contributed by atoms with Crippen LogP contribution in [0.15, 0.2) is 54.6 Å². The van der Waals surface area contributed by atoms with Gasteiger partial charge in [-0.1, -0.05) is 42.5 Å². The third-order valence-electron chi connectivity index (χ3n) is 6.85. The number of ether oxygens (including phenoxy) is 2. The summed E-state index contributed by atoms with van der Waals surface area (Å²) in [6.07, 6.45) is 1.32. The summed E-state index contributed by atoms with van der Waals surface area (Å²) in [6, 6.07) is 16.3. The van der Waals surface area contributed by atoms with E-state index in [1.807, 2.05) is 59.5 Å². The van der Waals surface area contributed by atoms with Crippen LogP contribution in [0.25, 0.3) is 0 Å². The second-order valence-corrected chi connectivity index (χ2v) is 10.9. The predicted molar refractivity (Wildman–Crippen MR) is 126 cm³/mol. The highest BCUT2D eigenvalue weighted by atomic mass is 32.2. The molecule has 0 aromatic heterocycles. The van der Waals surface area contributed by atoms with Gasteiger partial charge in [-0.2, -0.15) is 8.42 Å². The van der Waals surface area contributed by atoms with E-state index >= 15 is 0 Å². The van der Waals surface area contributed by atoms with Gasteiger partial charge in [0, 0.05) is 12.5 Å². The van der Waals surface area contributed by atoms with Crippen molar-refractivity contribution < 1.29 is 31.7 Å². The summed E-state index contributed by atoms with van der Waals surface area (Å²) in [5.74, 6) is 0.479. The Morgan fingerprint density at radius 2 is 1.77 bits per heavy atom. The lowest BCUT2D eigenvalue weighted by Crippen LogP contribution is -2.74. The zero-order valence-corrected chi connectivity index (χ0v) is 20.4. The summed E-state index contributed by atoms with van der Waals surface area (Å²) in [6.45, 7) is -0.0187. The number of rotatable bonds is 7. The summed E-state index contributed by atoms with van der Waals surface area (Å²) < 4.78 is 40.0. The van der Waals surface area contributed by atoms with Gasteiger partial charge in [0.15, 0.2) is 5.54 Å². The van der Waals surface area contributed by atoms with Crippen molar-refractivity contribution in [3.63, 3.8) is 0 Å². The molecule has 9 nitrogen and oxygen atoms in total. The number of carbonyl (C=O) groups is 2. The molecule has 0 unspecified atom stereocenters. The summed E-state index contributed by atoms with van der Waals surface area (Å²) in [5, 5.41) is 0. The van der Waals surface area contributed by atoms with E-state index in [1.165, 1.54) is 4.90 Å². The number of likely N-dealkylation sites (tertiary alicyclic amines) is 2. The maximum atomic E-state index is 13.7. The second kappa shape index (κ2) is 8.83. The molecule has 1 spiro atoms. The van der Waals surface area contributed by atoms with Crippen LogP contribution in [0, 0.1) is 0 Å². The van der Waals surface area contributed by atoms with Gasteiger partial charge in [-0.25, -0.2) is 4.79 Å². The molecule has 10 heteroatoms. The van der Waals surface area contributed by atoms with Gasteiger partial charge >= 0.3 is 6.09 Å². The maximum absolute atomic E-state index is 13.7. The highest BCUT2D eigenvalue weighted by Crippen LogP contribution is 2.57. The number of carbonyl (C=O) groups excluding carboxylic acids is 2. The Labute approximate surface area is 204 Å². The summed E-state index contributed by atoms with van der Waals surface area (Å²) in [7, 11) is -2.21. The Kier molecular flexibility index (Phi) is 5.96. The van der Waals surface area contributed by atoms with E-state index in [4.69, 9.17) is 13.7 Å². The topological polar surface area (TPSA) is 102 Å². The number of amides is 2. The lowest BCUT2D eigenvalue weighted by atomic mass is 9.72. The first-order chi connectivity index (χ1) is 16.7. The van der Waals surface area contributed by atoms with Gasteiger partial charge in [0.2, 0.25) is 0 Å². The van der Waals surface area contributed by atoms with Crippen LogP contribution in [0.2, 0.25) is 0 Å². The van der Waals surface area contributed by atoms with Crippen molar-refractivity contribution in [2.45, 2.75) is 49.6 Å². The summed E-state index contributed by atoms with van der Waals surface area (Å²) >= 11 is 0. The lowest BCUT2D eigenvalue weighted by molar-refractivity contribution is -0.174. The van der Waals surface area contributed by atoms with E-state index in [1.54, 1.807) is 7.11 Å². The van der Waals surface area contributed by atoms with Gasteiger partial charge in [-0.3, -0.25) is 13.9 Å². The molecule has 3 atom stereocenters. The first-order valence-electron chi connectivity index (χ1n) is 11.6. The first kappa shape index (κ1) is 23.6. The SMILES string of the molecule is COc1ccc([C@H]2N(C3CC3)C(=O)[C@]23C[C@@H](OS(C)(=O)=O)CN3C(=O)OCc2ccccc2)cc1. The van der Waals surface area contributed by atoms with Crippen LogP contribution in [0.3, 0.4) is 0 Å². The fourth-order valence-corrected chi connectivity index (χ4v) is 5.89. The molecule has 0 bridgehead atoms. The standard InChI is InChI=1S/C25H28N2O7S/c1-32-20-12-8-18(9-13-20)22-25(23(28)27(22)19-10-11-19)14-21(34-35(2,30)31)15-26(25)24(29)33-16-17-6-4-3-5-7-17/h3-9,12-13,19,21-22H,10-11,14-16H2,1-2H3/t21-,22-,25+/m1/s1. The fraction of sp³-hybridized carbons (Fsp3) is 0.440. The molecule has 0 N–H and O–H groups in total. The number of hydrogen-bond donors (Lipinski definition) is 0. The van der Waals surface area contributed by atoms with Crippen molar-refractivity contribution in [3.05, 3.63) is 65.7 Å². The quantitative estimate of drug-likeness (QED) is 0.425. The molecule has 2 aromatic carbocycles. The molecule has 2 saturated heterocycles. The van der Waals surface area contributed by atoms with Crippen LogP contribution in [0.4, 0.5) is 4.79 Å². The van der Waals surface area contributed by atoms with Gasteiger partial charge in [0.1, 0.15) is 12.4 Å². The fourth-order valence-electron chi connectivity index (χ4n) is 5.27. The minimum Gasteiger partial charge on any atom is -0.497 e. The number of nitrogens with zero attached hydrogens (tertiary/aromatic N) is 2. The molecule has 1 saturated carbocycles. The van der Waals surface area contributed by atoms with Gasteiger partial charge in [0.25, 0.3) is 16.0 Å². The minimum absolute atomic E-state index is 0.0393. The molecule has 2 aromatic rings. The van der Waals surface area contributed by atoms with Gasteiger partial charge < -0.3 is 14.4 Å². The van der Waals surface area contributed by atoms with Crippen LogP contribution in [0.1, 0.15) is 36.4 Å². The zero-order valence-electron chi connectivity index (χ0n) is 19.6. The molecule has 2 aliphatic heterocycles. The molecule has 2 heterocycles. The summed E-state index contributed by atoms with van der Waals surface area (Å²) in [5.41, 5.74) is 0.378. The molecule has 2 amide bonds. The smallest absolute Gasteiger partial charge is 0.411 e. The average Bonchev–Trinajstić information content (AvgIpc) is 3.60. The van der Waals surface area contributed by atoms with Crippen molar-refractivity contribution in [1.82, 2.24) is 9.80 Å². The number of benzene rings is 2. The van der Waals surface area contributed by atoms with E-state index in [0.717, 1.165) is 30.2 Å². The Hall–Kier alpha value is -3.11. The largest absolute Gasteiger partial charge is 0.497 e. The van der Waals surface area contributed by atoms with Crippen LogP contribution in [-0.4, -0.2) is 67.8 Å². The monoisotopic (exact) mass is 500 g/mol. The third kappa shape index (κ3) is 4.36. The van der Waals surface area contributed by atoms with Crippen molar-refractivity contribution in [1.29, 1.82) is 0 Å². The van der Waals surface area contributed by atoms with Crippen LogP contribution in [-0.2, 0) is 30.4 Å². The molecule has 3 fully saturated rings. The molecule has 5 rings (SSSR count). The second-order valence-electron chi connectivity index (χ2n) is 9.32. The number of β-lactam (4-membered cyclic amide) rings is 1. The molecule has 1 aliphatic carbocycles. The average molecular weight is 501 g/mol.